The number of oxime groups is 1. The van der Waals surface area contributed by atoms with Gasteiger partial charge in [0.15, 0.2) is 5.78 Å². The van der Waals surface area contributed by atoms with E-state index in [0.29, 0.717) is 22.6 Å². The molecule has 0 saturated carbocycles. The van der Waals surface area contributed by atoms with Crippen molar-refractivity contribution in [3.63, 3.8) is 0 Å². The van der Waals surface area contributed by atoms with Gasteiger partial charge in [-0.3, -0.25) is 4.79 Å². The Hall–Kier alpha value is -3.93. The van der Waals surface area contributed by atoms with E-state index in [2.05, 4.69) is 16.6 Å². The van der Waals surface area contributed by atoms with Gasteiger partial charge in [0, 0.05) is 41.1 Å². The molecule has 160 valence electrons. The van der Waals surface area contributed by atoms with Gasteiger partial charge in [-0.2, -0.15) is 0 Å². The van der Waals surface area contributed by atoms with Crippen molar-refractivity contribution in [2.75, 3.05) is 6.61 Å². The van der Waals surface area contributed by atoms with E-state index >= 15 is 0 Å². The van der Waals surface area contributed by atoms with Crippen molar-refractivity contribution in [1.29, 1.82) is 0 Å². The standard InChI is InChI=1S/C26H22N2O4/c1-4-28-22-11-9-17(25(30)18-8-6-5-7-15(18)2)13-20(22)24-23(28)12-10-19-21(14-31-26(19)24)27-32-16(3)29/h5-13H,4,14H2,1-3H3/b27-21+. The number of aryl methyl sites for hydroxylation is 2. The minimum atomic E-state index is -0.478. The van der Waals surface area contributed by atoms with Crippen LogP contribution in [0.3, 0.4) is 0 Å². The van der Waals surface area contributed by atoms with Crippen LogP contribution in [0.5, 0.6) is 5.75 Å². The second-order valence-electron chi connectivity index (χ2n) is 7.87. The zero-order valence-corrected chi connectivity index (χ0v) is 18.1. The van der Waals surface area contributed by atoms with Crippen LogP contribution in [0.1, 0.15) is 40.9 Å². The van der Waals surface area contributed by atoms with Crippen LogP contribution in [0, 0.1) is 6.92 Å². The molecule has 0 atom stereocenters. The summed E-state index contributed by atoms with van der Waals surface area (Å²) in [6.45, 7) is 6.35. The Morgan fingerprint density at radius 1 is 1.09 bits per heavy atom. The number of carbonyl (C=O) groups excluding carboxylic acids is 2. The molecule has 1 aromatic heterocycles. The van der Waals surface area contributed by atoms with E-state index in [1.54, 1.807) is 0 Å². The Morgan fingerprint density at radius 2 is 1.88 bits per heavy atom. The number of carbonyl (C=O) groups is 2. The van der Waals surface area contributed by atoms with E-state index < -0.39 is 5.97 Å². The van der Waals surface area contributed by atoms with Crippen LogP contribution in [0.25, 0.3) is 21.8 Å². The highest BCUT2D eigenvalue weighted by atomic mass is 16.7. The lowest BCUT2D eigenvalue weighted by Gasteiger charge is -2.06. The normalized spacial score (nSPS) is 14.0. The molecule has 6 nitrogen and oxygen atoms in total. The molecule has 0 N–H and O–H groups in total. The monoisotopic (exact) mass is 426 g/mol. The zero-order valence-electron chi connectivity index (χ0n) is 18.1. The van der Waals surface area contributed by atoms with Crippen molar-refractivity contribution >= 4 is 39.3 Å². The van der Waals surface area contributed by atoms with E-state index in [1.807, 2.05) is 61.5 Å². The summed E-state index contributed by atoms with van der Waals surface area (Å²) < 4.78 is 8.21. The zero-order chi connectivity index (χ0) is 22.4. The highest BCUT2D eigenvalue weighted by Crippen LogP contribution is 2.41. The Kier molecular flexibility index (Phi) is 4.78. The smallest absolute Gasteiger partial charge is 0.331 e. The minimum Gasteiger partial charge on any atom is -0.486 e. The van der Waals surface area contributed by atoms with Crippen LogP contribution in [0.2, 0.25) is 0 Å². The molecule has 4 aromatic rings. The van der Waals surface area contributed by atoms with Crippen LogP contribution in [0.15, 0.2) is 59.8 Å². The molecule has 6 heteroatoms. The molecule has 0 unspecified atom stereocenters. The lowest BCUT2D eigenvalue weighted by atomic mass is 9.97. The molecule has 0 aliphatic carbocycles. The third-order valence-corrected chi connectivity index (χ3v) is 5.90. The third-order valence-electron chi connectivity index (χ3n) is 5.90. The largest absolute Gasteiger partial charge is 0.486 e. The molecular formula is C26H22N2O4. The molecule has 0 saturated heterocycles. The molecular weight excluding hydrogens is 404 g/mol. The summed E-state index contributed by atoms with van der Waals surface area (Å²) in [7, 11) is 0. The fourth-order valence-electron chi connectivity index (χ4n) is 4.41. The molecule has 0 radical (unpaired) electrons. The van der Waals surface area contributed by atoms with E-state index in [4.69, 9.17) is 9.57 Å². The number of rotatable bonds is 4. The van der Waals surface area contributed by atoms with Gasteiger partial charge in [-0.1, -0.05) is 29.4 Å². The summed E-state index contributed by atoms with van der Waals surface area (Å²) in [5.41, 5.74) is 5.70. The lowest BCUT2D eigenvalue weighted by molar-refractivity contribution is -0.140. The van der Waals surface area contributed by atoms with Crippen molar-refractivity contribution in [3.05, 3.63) is 76.9 Å². The van der Waals surface area contributed by atoms with E-state index in [0.717, 1.165) is 39.5 Å². The topological polar surface area (TPSA) is 69.9 Å². The fraction of sp³-hybridized carbons (Fsp3) is 0.192. The number of hydrogen-bond acceptors (Lipinski definition) is 5. The predicted octanol–water partition coefficient (Wildman–Crippen LogP) is 5.01. The summed E-state index contributed by atoms with van der Waals surface area (Å²) >= 11 is 0. The number of benzene rings is 3. The van der Waals surface area contributed by atoms with Crippen LogP contribution < -0.4 is 4.74 Å². The van der Waals surface area contributed by atoms with Crippen molar-refractivity contribution in [1.82, 2.24) is 4.57 Å². The highest BCUT2D eigenvalue weighted by molar-refractivity contribution is 6.20. The van der Waals surface area contributed by atoms with Crippen molar-refractivity contribution in [2.24, 2.45) is 5.16 Å². The van der Waals surface area contributed by atoms with Crippen molar-refractivity contribution < 1.29 is 19.2 Å². The third kappa shape index (κ3) is 3.07. The van der Waals surface area contributed by atoms with Gasteiger partial charge >= 0.3 is 5.97 Å². The summed E-state index contributed by atoms with van der Waals surface area (Å²) in [5.74, 6) is 0.216. The number of ketones is 1. The maximum absolute atomic E-state index is 13.3. The van der Waals surface area contributed by atoms with Gasteiger partial charge in [-0.05, 0) is 49.7 Å². The SMILES string of the molecule is CCn1c2ccc(C(=O)c3ccccc3C)cc2c2c3c(ccc21)/C(=N/OC(C)=O)CO3. The first-order valence-corrected chi connectivity index (χ1v) is 10.6. The van der Waals surface area contributed by atoms with Gasteiger partial charge in [-0.25, -0.2) is 4.79 Å². The van der Waals surface area contributed by atoms with E-state index in [-0.39, 0.29) is 12.4 Å². The van der Waals surface area contributed by atoms with Gasteiger partial charge < -0.3 is 14.1 Å². The number of ether oxygens (including phenoxy) is 1. The molecule has 1 aliphatic heterocycles. The maximum Gasteiger partial charge on any atom is 0.331 e. The average Bonchev–Trinajstić information content (AvgIpc) is 3.35. The van der Waals surface area contributed by atoms with Crippen LogP contribution >= 0.6 is 0 Å². The molecule has 32 heavy (non-hydrogen) atoms. The second-order valence-corrected chi connectivity index (χ2v) is 7.87. The molecule has 2 heterocycles. The van der Waals surface area contributed by atoms with Gasteiger partial charge in [0.2, 0.25) is 0 Å². The first-order valence-electron chi connectivity index (χ1n) is 10.6. The van der Waals surface area contributed by atoms with Gasteiger partial charge in [-0.15, -0.1) is 0 Å². The van der Waals surface area contributed by atoms with Crippen molar-refractivity contribution in [2.45, 2.75) is 27.3 Å². The molecule has 0 spiro atoms. The summed E-state index contributed by atoms with van der Waals surface area (Å²) in [6, 6.07) is 17.4. The second kappa shape index (κ2) is 7.64. The predicted molar refractivity (Wildman–Crippen MR) is 124 cm³/mol. The average molecular weight is 426 g/mol. The number of fused-ring (bicyclic) bond motifs is 5. The Labute approximate surface area is 185 Å². The Morgan fingerprint density at radius 3 is 2.62 bits per heavy atom. The first kappa shape index (κ1) is 20.0. The summed E-state index contributed by atoms with van der Waals surface area (Å²) in [5, 5.41) is 5.84. The van der Waals surface area contributed by atoms with Crippen LogP contribution in [-0.4, -0.2) is 28.6 Å². The Bertz CT molecular complexity index is 1450. The number of hydrogen-bond donors (Lipinski definition) is 0. The molecule has 0 fully saturated rings. The minimum absolute atomic E-state index is 0.00648. The van der Waals surface area contributed by atoms with Gasteiger partial charge in [0.1, 0.15) is 18.1 Å². The van der Waals surface area contributed by atoms with Crippen LogP contribution in [-0.2, 0) is 16.2 Å². The number of aromatic nitrogens is 1. The molecule has 0 amide bonds. The maximum atomic E-state index is 13.3. The molecule has 3 aromatic carbocycles. The van der Waals surface area contributed by atoms with Gasteiger partial charge in [0.05, 0.1) is 10.9 Å². The van der Waals surface area contributed by atoms with Gasteiger partial charge in [0.25, 0.3) is 0 Å². The quantitative estimate of drug-likeness (QED) is 0.261. The number of nitrogens with zero attached hydrogens (tertiary/aromatic N) is 2. The fourth-order valence-corrected chi connectivity index (χ4v) is 4.41. The highest BCUT2D eigenvalue weighted by Gasteiger charge is 2.26. The van der Waals surface area contributed by atoms with E-state index in [9.17, 15) is 9.59 Å². The Balaban J connectivity index is 1.73. The molecule has 5 rings (SSSR count). The summed E-state index contributed by atoms with van der Waals surface area (Å²) in [4.78, 5) is 29.3. The molecule has 0 bridgehead atoms. The summed E-state index contributed by atoms with van der Waals surface area (Å²) in [6.07, 6.45) is 0. The van der Waals surface area contributed by atoms with Crippen molar-refractivity contribution in [3.8, 4) is 5.75 Å². The molecule has 1 aliphatic rings. The first-order chi connectivity index (χ1) is 15.5. The van der Waals surface area contributed by atoms with E-state index in [1.165, 1.54) is 6.92 Å². The van der Waals surface area contributed by atoms with Crippen LogP contribution in [0.4, 0.5) is 0 Å². The lowest BCUT2D eigenvalue weighted by Crippen LogP contribution is -2.05.